The van der Waals surface area contributed by atoms with Gasteiger partial charge in [-0.3, -0.25) is 4.79 Å². The number of halogens is 1. The van der Waals surface area contributed by atoms with Crippen molar-refractivity contribution in [1.29, 1.82) is 0 Å². The molecule has 0 unspecified atom stereocenters. The van der Waals surface area contributed by atoms with E-state index in [1.807, 2.05) is 69.3 Å². The van der Waals surface area contributed by atoms with E-state index in [1.165, 1.54) is 4.68 Å². The number of hydrogen-bond donors (Lipinski definition) is 1. The summed E-state index contributed by atoms with van der Waals surface area (Å²) >= 11 is 6.02. The van der Waals surface area contributed by atoms with E-state index in [0.717, 1.165) is 16.7 Å². The summed E-state index contributed by atoms with van der Waals surface area (Å²) in [4.78, 5) is 12.5. The Bertz CT molecular complexity index is 987. The zero-order valence-electron chi connectivity index (χ0n) is 17.7. The summed E-state index contributed by atoms with van der Waals surface area (Å²) < 4.78 is 1.29. The molecule has 1 heterocycles. The SMILES string of the molecule is CC.Cc1ccccc1-c1c(O)c(CCc2cccc(Cl)c2)nn(C)c1=O.[CH3-].[Y]. The van der Waals surface area contributed by atoms with Crippen molar-refractivity contribution in [2.75, 3.05) is 0 Å². The molecule has 4 nitrogen and oxygen atoms in total. The first-order valence-corrected chi connectivity index (χ1v) is 9.44. The Hall–Kier alpha value is -1.49. The molecule has 0 aliphatic heterocycles. The van der Waals surface area contributed by atoms with Crippen molar-refractivity contribution in [3.05, 3.63) is 88.2 Å². The molecule has 0 bridgehead atoms. The quantitative estimate of drug-likeness (QED) is 0.502. The van der Waals surface area contributed by atoms with E-state index in [4.69, 9.17) is 11.6 Å². The Morgan fingerprint density at radius 1 is 1.07 bits per heavy atom. The van der Waals surface area contributed by atoms with Gasteiger partial charge in [-0.2, -0.15) is 5.10 Å². The molecule has 2 aromatic carbocycles. The van der Waals surface area contributed by atoms with Crippen LogP contribution in [0.4, 0.5) is 0 Å². The van der Waals surface area contributed by atoms with Crippen LogP contribution < -0.4 is 5.56 Å². The summed E-state index contributed by atoms with van der Waals surface area (Å²) in [5, 5.41) is 15.6. The first-order valence-electron chi connectivity index (χ1n) is 9.07. The van der Waals surface area contributed by atoms with Crippen LogP contribution in [0.3, 0.4) is 0 Å². The minimum absolute atomic E-state index is 0. The van der Waals surface area contributed by atoms with Crippen molar-refractivity contribution in [1.82, 2.24) is 9.78 Å². The van der Waals surface area contributed by atoms with Crippen molar-refractivity contribution in [2.24, 2.45) is 7.05 Å². The van der Waals surface area contributed by atoms with Crippen LogP contribution in [0.1, 0.15) is 30.7 Å². The van der Waals surface area contributed by atoms with Gasteiger partial charge in [0.2, 0.25) is 0 Å². The van der Waals surface area contributed by atoms with Crippen LogP contribution in [-0.2, 0) is 52.6 Å². The Balaban J connectivity index is 0.00000190. The molecule has 0 spiro atoms. The fourth-order valence-electron chi connectivity index (χ4n) is 2.90. The number of aromatic hydroxyl groups is 1. The van der Waals surface area contributed by atoms with Crippen molar-refractivity contribution in [3.8, 4) is 16.9 Å². The fraction of sp³-hybridized carbons (Fsp3) is 0.261. The molecule has 1 aromatic heterocycles. The van der Waals surface area contributed by atoms with Crippen molar-refractivity contribution in [2.45, 2.75) is 33.6 Å². The predicted octanol–water partition coefficient (Wildman–Crippen LogP) is 5.37. The van der Waals surface area contributed by atoms with Gasteiger partial charge in [-0.05, 0) is 48.6 Å². The smallest absolute Gasteiger partial charge is 0.278 e. The second-order valence-corrected chi connectivity index (χ2v) is 6.48. The molecule has 1 radical (unpaired) electrons. The van der Waals surface area contributed by atoms with E-state index in [2.05, 4.69) is 5.10 Å². The molecule has 6 heteroatoms. The van der Waals surface area contributed by atoms with Crippen LogP contribution >= 0.6 is 11.6 Å². The van der Waals surface area contributed by atoms with Crippen LogP contribution in [0.25, 0.3) is 11.1 Å². The van der Waals surface area contributed by atoms with Crippen LogP contribution in [0.5, 0.6) is 5.75 Å². The third-order valence-electron chi connectivity index (χ3n) is 4.24. The van der Waals surface area contributed by atoms with Gasteiger partial charge < -0.3 is 12.5 Å². The predicted molar refractivity (Wildman–Crippen MR) is 118 cm³/mol. The third kappa shape index (κ3) is 6.77. The summed E-state index contributed by atoms with van der Waals surface area (Å²) in [6, 6.07) is 15.1. The minimum Gasteiger partial charge on any atom is -0.505 e. The Kier molecular flexibility index (Phi) is 12.3. The maximum absolute atomic E-state index is 12.5. The molecular weight excluding hydrogens is 461 g/mol. The van der Waals surface area contributed by atoms with E-state index in [0.29, 0.717) is 29.1 Å². The van der Waals surface area contributed by atoms with E-state index < -0.39 is 0 Å². The van der Waals surface area contributed by atoms with Crippen molar-refractivity contribution < 1.29 is 37.8 Å². The van der Waals surface area contributed by atoms with Crippen LogP contribution in [0.15, 0.2) is 53.3 Å². The minimum atomic E-state index is -0.307. The van der Waals surface area contributed by atoms with Crippen molar-refractivity contribution in [3.63, 3.8) is 0 Å². The molecule has 0 fully saturated rings. The first-order chi connectivity index (χ1) is 13.0. The summed E-state index contributed by atoms with van der Waals surface area (Å²) in [5.41, 5.74) is 3.21. The summed E-state index contributed by atoms with van der Waals surface area (Å²) in [6.07, 6.45) is 1.19. The van der Waals surface area contributed by atoms with Crippen LogP contribution in [0, 0.1) is 14.4 Å². The second-order valence-electron chi connectivity index (χ2n) is 6.04. The zero-order valence-corrected chi connectivity index (χ0v) is 21.3. The van der Waals surface area contributed by atoms with Crippen LogP contribution in [0.2, 0.25) is 5.02 Å². The molecule has 153 valence electrons. The van der Waals surface area contributed by atoms with Gasteiger partial charge in [0.25, 0.3) is 5.56 Å². The first kappa shape index (κ1) is 27.5. The molecule has 0 aliphatic carbocycles. The molecule has 3 aromatic rings. The summed E-state index contributed by atoms with van der Waals surface area (Å²) in [6.45, 7) is 5.92. The topological polar surface area (TPSA) is 55.1 Å². The normalized spacial score (nSPS) is 9.55. The van der Waals surface area contributed by atoms with Gasteiger partial charge in [0, 0.05) is 44.8 Å². The average molecular weight is 489 g/mol. The molecular formula is C23H28ClN2O2Y-. The summed E-state index contributed by atoms with van der Waals surface area (Å²) in [5.74, 6) is -0.0422. The second kappa shape index (κ2) is 12.9. The van der Waals surface area contributed by atoms with Gasteiger partial charge in [0.15, 0.2) is 5.75 Å². The maximum Gasteiger partial charge on any atom is 0.278 e. The third-order valence-corrected chi connectivity index (χ3v) is 4.48. The number of aryl methyl sites for hydroxylation is 4. The maximum atomic E-state index is 12.5. The van der Waals surface area contributed by atoms with E-state index in [-0.39, 0.29) is 51.4 Å². The molecule has 1 N–H and O–H groups in total. The average Bonchev–Trinajstić information content (AvgIpc) is 2.67. The number of nitrogens with zero attached hydrogens (tertiary/aromatic N) is 2. The number of rotatable bonds is 4. The van der Waals surface area contributed by atoms with Gasteiger partial charge in [-0.15, -0.1) is 0 Å². The molecule has 3 rings (SSSR count). The standard InChI is InChI=1S/C20H19ClN2O2.C2H6.CH3.Y/c1-13-6-3-4-9-16(13)18-19(24)17(22-23(2)20(18)25)11-10-14-7-5-8-15(21)12-14;1-2;;/h3-9,12,24H,10-11H2,1-2H3;1-2H3;1H3;/q;;-1;. The van der Waals surface area contributed by atoms with Gasteiger partial charge in [-0.25, -0.2) is 4.68 Å². The van der Waals surface area contributed by atoms with Crippen molar-refractivity contribution >= 4 is 11.6 Å². The molecule has 0 saturated heterocycles. The van der Waals surface area contributed by atoms with Crippen LogP contribution in [-0.4, -0.2) is 14.9 Å². The molecule has 29 heavy (non-hydrogen) atoms. The Labute approximate surface area is 203 Å². The zero-order chi connectivity index (χ0) is 20.0. The van der Waals surface area contributed by atoms with E-state index in [1.54, 1.807) is 7.05 Å². The van der Waals surface area contributed by atoms with E-state index in [9.17, 15) is 9.90 Å². The number of hydrogen-bond acceptors (Lipinski definition) is 3. The molecule has 0 amide bonds. The molecule has 0 aliphatic rings. The van der Waals surface area contributed by atoms with Gasteiger partial charge in [0.1, 0.15) is 5.69 Å². The number of aromatic nitrogens is 2. The Morgan fingerprint density at radius 3 is 2.34 bits per heavy atom. The van der Waals surface area contributed by atoms with Gasteiger partial charge in [-0.1, -0.05) is 61.8 Å². The molecule has 0 saturated carbocycles. The van der Waals surface area contributed by atoms with E-state index >= 15 is 0 Å². The summed E-state index contributed by atoms with van der Waals surface area (Å²) in [7, 11) is 1.60. The monoisotopic (exact) mass is 488 g/mol. The number of benzene rings is 2. The fourth-order valence-corrected chi connectivity index (χ4v) is 3.11. The van der Waals surface area contributed by atoms with Gasteiger partial charge in [0.05, 0.1) is 5.56 Å². The molecule has 0 atom stereocenters. The largest absolute Gasteiger partial charge is 0.505 e. The van der Waals surface area contributed by atoms with Gasteiger partial charge >= 0.3 is 0 Å². The Morgan fingerprint density at radius 2 is 1.72 bits per heavy atom.